The number of aromatic nitrogens is 4. The number of piperidine rings is 1. The molecule has 0 amide bonds. The van der Waals surface area contributed by atoms with Gasteiger partial charge in [-0.05, 0) is 76.0 Å². The molecular formula is C26H30N8O. The molecule has 3 aromatic rings. The highest BCUT2D eigenvalue weighted by Crippen LogP contribution is 2.25. The van der Waals surface area contributed by atoms with Gasteiger partial charge in [0.15, 0.2) is 0 Å². The van der Waals surface area contributed by atoms with Crippen molar-refractivity contribution in [2.45, 2.75) is 31.7 Å². The lowest BCUT2D eigenvalue weighted by molar-refractivity contribution is 0.195. The summed E-state index contributed by atoms with van der Waals surface area (Å²) in [4.78, 5) is 20.5. The van der Waals surface area contributed by atoms with E-state index in [0.29, 0.717) is 35.5 Å². The molecule has 9 nitrogen and oxygen atoms in total. The van der Waals surface area contributed by atoms with Crippen molar-refractivity contribution in [3.8, 4) is 17.3 Å². The topological polar surface area (TPSA) is 112 Å². The molecule has 0 bridgehead atoms. The molecule has 2 N–H and O–H groups in total. The van der Waals surface area contributed by atoms with Crippen LogP contribution >= 0.6 is 0 Å². The highest BCUT2D eigenvalue weighted by molar-refractivity contribution is 5.66. The molecular weight excluding hydrogens is 440 g/mol. The van der Waals surface area contributed by atoms with Crippen molar-refractivity contribution in [3.63, 3.8) is 0 Å². The monoisotopic (exact) mass is 470 g/mol. The number of hydrogen-bond acceptors (Lipinski definition) is 9. The fourth-order valence-electron chi connectivity index (χ4n) is 4.54. The van der Waals surface area contributed by atoms with Crippen LogP contribution in [0.1, 0.15) is 30.5 Å². The molecule has 35 heavy (non-hydrogen) atoms. The zero-order chi connectivity index (χ0) is 24.0. The third-order valence-electron chi connectivity index (χ3n) is 6.65. The van der Waals surface area contributed by atoms with Crippen LogP contribution in [0.25, 0.3) is 11.3 Å². The van der Waals surface area contributed by atoms with Gasteiger partial charge in [0, 0.05) is 30.3 Å². The maximum Gasteiger partial charge on any atom is 0.227 e. The Morgan fingerprint density at radius 1 is 1.11 bits per heavy atom. The Morgan fingerprint density at radius 2 is 2.00 bits per heavy atom. The van der Waals surface area contributed by atoms with Crippen LogP contribution in [0.15, 0.2) is 42.9 Å². The van der Waals surface area contributed by atoms with Gasteiger partial charge in [-0.3, -0.25) is 4.98 Å². The zero-order valence-corrected chi connectivity index (χ0v) is 19.9. The van der Waals surface area contributed by atoms with E-state index < -0.39 is 0 Å². The largest absolute Gasteiger partial charge is 0.379 e. The van der Waals surface area contributed by atoms with E-state index in [2.05, 4.69) is 54.7 Å². The average molecular weight is 471 g/mol. The summed E-state index contributed by atoms with van der Waals surface area (Å²) >= 11 is 0. The van der Waals surface area contributed by atoms with Crippen molar-refractivity contribution in [3.05, 3.63) is 54.1 Å². The molecule has 0 aliphatic carbocycles. The lowest BCUT2D eigenvalue weighted by atomic mass is 9.92. The minimum absolute atomic E-state index is 0.180. The second-order valence-electron chi connectivity index (χ2n) is 9.32. The fraction of sp³-hybridized carbons (Fsp3) is 0.423. The van der Waals surface area contributed by atoms with Crippen LogP contribution in [0.4, 0.5) is 17.5 Å². The van der Waals surface area contributed by atoms with Crippen LogP contribution in [0.5, 0.6) is 0 Å². The summed E-state index contributed by atoms with van der Waals surface area (Å²) in [5.41, 5.74) is 3.88. The van der Waals surface area contributed by atoms with Crippen LogP contribution in [0, 0.1) is 17.2 Å². The third-order valence-corrected chi connectivity index (χ3v) is 6.65. The van der Waals surface area contributed by atoms with Crippen molar-refractivity contribution in [2.24, 2.45) is 5.92 Å². The van der Waals surface area contributed by atoms with E-state index in [1.807, 2.05) is 18.3 Å². The number of likely N-dealkylation sites (tertiary alicyclic amines) is 1. The van der Waals surface area contributed by atoms with Gasteiger partial charge in [-0.25, -0.2) is 15.0 Å². The van der Waals surface area contributed by atoms with Gasteiger partial charge in [-0.1, -0.05) is 0 Å². The fourth-order valence-corrected chi connectivity index (χ4v) is 4.54. The number of rotatable bonds is 7. The molecule has 0 spiro atoms. The zero-order valence-electron chi connectivity index (χ0n) is 19.9. The molecule has 5 rings (SSSR count). The van der Waals surface area contributed by atoms with E-state index in [1.54, 1.807) is 18.5 Å². The van der Waals surface area contributed by atoms with E-state index in [1.165, 1.54) is 12.8 Å². The van der Waals surface area contributed by atoms with Gasteiger partial charge < -0.3 is 20.3 Å². The van der Waals surface area contributed by atoms with Crippen LogP contribution in [0.3, 0.4) is 0 Å². The number of pyridine rings is 2. The Morgan fingerprint density at radius 3 is 2.74 bits per heavy atom. The van der Waals surface area contributed by atoms with Gasteiger partial charge in [0.2, 0.25) is 5.95 Å². The maximum atomic E-state index is 9.64. The molecule has 0 radical (unpaired) electrons. The highest BCUT2D eigenvalue weighted by Gasteiger charge is 2.19. The molecule has 5 heterocycles. The molecule has 2 saturated heterocycles. The molecule has 1 atom stereocenters. The van der Waals surface area contributed by atoms with E-state index in [9.17, 15) is 5.26 Å². The van der Waals surface area contributed by atoms with Crippen LogP contribution < -0.4 is 10.6 Å². The van der Waals surface area contributed by atoms with E-state index >= 15 is 0 Å². The summed E-state index contributed by atoms with van der Waals surface area (Å²) in [7, 11) is 2.18. The van der Waals surface area contributed by atoms with E-state index in [4.69, 9.17) is 4.74 Å². The van der Waals surface area contributed by atoms with Gasteiger partial charge in [0.25, 0.3) is 0 Å². The second-order valence-corrected chi connectivity index (χ2v) is 9.32. The van der Waals surface area contributed by atoms with Crippen LogP contribution in [-0.4, -0.2) is 64.2 Å². The van der Waals surface area contributed by atoms with Gasteiger partial charge in [0.05, 0.1) is 35.8 Å². The quantitative estimate of drug-likeness (QED) is 0.534. The molecule has 2 aliphatic rings. The van der Waals surface area contributed by atoms with Gasteiger partial charge in [0.1, 0.15) is 11.9 Å². The minimum Gasteiger partial charge on any atom is -0.379 e. The molecule has 2 aliphatic heterocycles. The first-order valence-electron chi connectivity index (χ1n) is 12.1. The summed E-state index contributed by atoms with van der Waals surface area (Å²) in [6.45, 7) is 3.68. The standard InChI is InChI=1S/C26H30N8O/c1-34-9-5-18(6-10-34)12-21-2-3-22(16-29-21)32-26-28-8-4-24(33-26)20-13-19(14-27)25(30-15-20)31-23-7-11-35-17-23/h2-4,8,13,15-16,18,23H,5-7,9-12,17H2,1H3,(H,30,31)(H,28,32,33). The predicted octanol–water partition coefficient (Wildman–Crippen LogP) is 3.63. The molecule has 3 aromatic heterocycles. The van der Waals surface area contributed by atoms with Gasteiger partial charge >= 0.3 is 0 Å². The number of nitriles is 1. The summed E-state index contributed by atoms with van der Waals surface area (Å²) < 4.78 is 5.40. The molecule has 2 fully saturated rings. The number of nitrogens with one attached hydrogen (secondary N) is 2. The Kier molecular flexibility index (Phi) is 7.12. The summed E-state index contributed by atoms with van der Waals surface area (Å²) in [6.07, 6.45) is 9.64. The Hall–Kier alpha value is -3.61. The van der Waals surface area contributed by atoms with Crippen LogP contribution in [0.2, 0.25) is 0 Å². The van der Waals surface area contributed by atoms with Crippen LogP contribution in [-0.2, 0) is 11.2 Å². The molecule has 0 saturated carbocycles. The molecule has 1 unspecified atom stereocenters. The lowest BCUT2D eigenvalue weighted by Gasteiger charge is -2.28. The minimum atomic E-state index is 0.180. The van der Waals surface area contributed by atoms with Crippen molar-refractivity contribution in [1.82, 2.24) is 24.8 Å². The molecule has 180 valence electrons. The normalized spacial score (nSPS) is 18.8. The lowest BCUT2D eigenvalue weighted by Crippen LogP contribution is -2.31. The smallest absolute Gasteiger partial charge is 0.227 e. The Labute approximate surface area is 205 Å². The first kappa shape index (κ1) is 23.1. The molecule has 9 heteroatoms. The third kappa shape index (κ3) is 5.91. The first-order chi connectivity index (χ1) is 17.2. The van der Waals surface area contributed by atoms with Gasteiger partial charge in [-0.2, -0.15) is 5.26 Å². The first-order valence-corrected chi connectivity index (χ1v) is 12.1. The SMILES string of the molecule is CN1CCC(Cc2ccc(Nc3nccc(-c4cnc(NC5CCOC5)c(C#N)c4)n3)cn2)CC1. The highest BCUT2D eigenvalue weighted by atomic mass is 16.5. The maximum absolute atomic E-state index is 9.64. The van der Waals surface area contributed by atoms with Crippen molar-refractivity contribution in [1.29, 1.82) is 5.26 Å². The summed E-state index contributed by atoms with van der Waals surface area (Å²) in [5.74, 6) is 1.75. The molecule has 0 aromatic carbocycles. The van der Waals surface area contributed by atoms with Crippen molar-refractivity contribution < 1.29 is 4.74 Å². The number of anilines is 3. The Balaban J connectivity index is 1.25. The second kappa shape index (κ2) is 10.8. The predicted molar refractivity (Wildman–Crippen MR) is 134 cm³/mol. The average Bonchev–Trinajstić information content (AvgIpc) is 3.40. The van der Waals surface area contributed by atoms with Crippen molar-refractivity contribution in [2.75, 3.05) is 44.0 Å². The number of hydrogen-bond donors (Lipinski definition) is 2. The summed E-state index contributed by atoms with van der Waals surface area (Å²) in [5, 5.41) is 16.2. The van der Waals surface area contributed by atoms with Gasteiger partial charge in [-0.15, -0.1) is 0 Å². The number of nitrogens with zero attached hydrogens (tertiary/aromatic N) is 6. The van der Waals surface area contributed by atoms with E-state index in [0.717, 1.165) is 49.5 Å². The van der Waals surface area contributed by atoms with Crippen molar-refractivity contribution >= 4 is 17.5 Å². The summed E-state index contributed by atoms with van der Waals surface area (Å²) in [6, 6.07) is 10.1. The number of ether oxygens (including phenoxy) is 1. The Bertz CT molecular complexity index is 1180. The van der Waals surface area contributed by atoms with E-state index in [-0.39, 0.29) is 6.04 Å².